The maximum atomic E-state index is 12.5. The Morgan fingerprint density at radius 1 is 1.35 bits per heavy atom. The van der Waals surface area contributed by atoms with E-state index in [0.29, 0.717) is 18.8 Å². The van der Waals surface area contributed by atoms with Crippen LogP contribution in [0.1, 0.15) is 29.4 Å². The summed E-state index contributed by atoms with van der Waals surface area (Å²) < 4.78 is 1.63. The molecule has 2 heterocycles. The number of likely N-dealkylation sites (tertiary alicyclic amines) is 1. The number of carbonyl (C=O) groups excluding carboxylic acids is 1. The number of hydrogen-bond donors (Lipinski definition) is 1. The fraction of sp³-hybridized carbons (Fsp3) is 0.438. The molecule has 2 N–H and O–H groups in total. The molecule has 3 rings (SSSR count). The third kappa shape index (κ3) is 3.54. The van der Waals surface area contributed by atoms with Crippen LogP contribution in [0.4, 0.5) is 0 Å². The molecule has 1 aliphatic heterocycles. The fourth-order valence-electron chi connectivity index (χ4n) is 2.71. The average Bonchev–Trinajstić information content (AvgIpc) is 3.15. The van der Waals surface area contributed by atoms with Gasteiger partial charge in [-0.05, 0) is 37.4 Å². The van der Waals surface area contributed by atoms with Crippen LogP contribution in [0.15, 0.2) is 30.5 Å². The zero-order chi connectivity index (χ0) is 15.7. The van der Waals surface area contributed by atoms with Crippen molar-refractivity contribution in [2.75, 3.05) is 19.6 Å². The predicted molar refractivity (Wildman–Crippen MR) is 91.0 cm³/mol. The number of amides is 1. The molecule has 0 aliphatic carbocycles. The first-order valence-corrected chi connectivity index (χ1v) is 7.49. The van der Waals surface area contributed by atoms with Gasteiger partial charge in [-0.15, -0.1) is 17.5 Å². The zero-order valence-corrected chi connectivity index (χ0v) is 14.2. The lowest BCUT2D eigenvalue weighted by molar-refractivity contribution is 0.0771. The van der Waals surface area contributed by atoms with E-state index < -0.39 is 0 Å². The van der Waals surface area contributed by atoms with E-state index in [9.17, 15) is 4.79 Å². The van der Waals surface area contributed by atoms with Crippen LogP contribution >= 0.6 is 12.4 Å². The van der Waals surface area contributed by atoms with Gasteiger partial charge in [0.25, 0.3) is 5.91 Å². The highest BCUT2D eigenvalue weighted by Gasteiger charge is 2.35. The van der Waals surface area contributed by atoms with Crippen molar-refractivity contribution < 1.29 is 4.79 Å². The Morgan fingerprint density at radius 2 is 2.04 bits per heavy atom. The van der Waals surface area contributed by atoms with Gasteiger partial charge in [0.05, 0.1) is 11.9 Å². The van der Waals surface area contributed by atoms with Gasteiger partial charge in [-0.1, -0.05) is 29.8 Å². The number of nitrogens with zero attached hydrogens (tertiary/aromatic N) is 4. The summed E-state index contributed by atoms with van der Waals surface area (Å²) in [6.07, 6.45) is 2.62. The zero-order valence-electron chi connectivity index (χ0n) is 13.4. The summed E-state index contributed by atoms with van der Waals surface area (Å²) in [4.78, 5) is 14.3. The summed E-state index contributed by atoms with van der Waals surface area (Å²) in [5.41, 5.74) is 8.26. The third-order valence-corrected chi connectivity index (χ3v) is 4.35. The number of benzene rings is 1. The molecule has 1 aromatic heterocycles. The second-order valence-corrected chi connectivity index (χ2v) is 6.38. The van der Waals surface area contributed by atoms with Crippen molar-refractivity contribution in [2.24, 2.45) is 11.1 Å². The highest BCUT2D eigenvalue weighted by Crippen LogP contribution is 2.29. The quantitative estimate of drug-likeness (QED) is 0.928. The molecule has 1 atom stereocenters. The summed E-state index contributed by atoms with van der Waals surface area (Å²) in [6, 6.07) is 7.93. The molecule has 1 aromatic carbocycles. The molecule has 1 aliphatic rings. The molecule has 0 spiro atoms. The summed E-state index contributed by atoms with van der Waals surface area (Å²) in [7, 11) is 0. The molecule has 1 saturated heterocycles. The molecular weight excluding hydrogens is 314 g/mol. The van der Waals surface area contributed by atoms with Gasteiger partial charge < -0.3 is 10.6 Å². The van der Waals surface area contributed by atoms with Crippen molar-refractivity contribution in [2.45, 2.75) is 20.3 Å². The lowest BCUT2D eigenvalue weighted by Gasteiger charge is -2.21. The number of hydrogen-bond acceptors (Lipinski definition) is 4. The van der Waals surface area contributed by atoms with Crippen LogP contribution in [0.5, 0.6) is 0 Å². The molecule has 2 aromatic rings. The van der Waals surface area contributed by atoms with Gasteiger partial charge in [-0.3, -0.25) is 4.79 Å². The molecule has 1 amide bonds. The first-order chi connectivity index (χ1) is 10.5. The Bertz CT molecular complexity index is 684. The van der Waals surface area contributed by atoms with E-state index in [4.69, 9.17) is 5.73 Å². The number of aromatic nitrogens is 3. The van der Waals surface area contributed by atoms with Crippen molar-refractivity contribution in [1.29, 1.82) is 0 Å². The number of halogens is 1. The SMILES string of the molecule is Cc1ccc(-n2cc(C(=O)N3CCC(C)(CN)C3)nn2)cc1.Cl. The van der Waals surface area contributed by atoms with E-state index in [2.05, 4.69) is 17.2 Å². The minimum absolute atomic E-state index is 0. The van der Waals surface area contributed by atoms with Gasteiger partial charge in [0.1, 0.15) is 0 Å². The lowest BCUT2D eigenvalue weighted by atomic mass is 9.90. The van der Waals surface area contributed by atoms with Gasteiger partial charge in [0.2, 0.25) is 0 Å². The van der Waals surface area contributed by atoms with Crippen LogP contribution in [0.3, 0.4) is 0 Å². The van der Waals surface area contributed by atoms with Crippen molar-refractivity contribution in [3.63, 3.8) is 0 Å². The van der Waals surface area contributed by atoms with Crippen molar-refractivity contribution in [3.8, 4) is 5.69 Å². The number of rotatable bonds is 3. The van der Waals surface area contributed by atoms with E-state index in [1.54, 1.807) is 10.9 Å². The van der Waals surface area contributed by atoms with Gasteiger partial charge in [0, 0.05) is 13.1 Å². The summed E-state index contributed by atoms with van der Waals surface area (Å²) >= 11 is 0. The maximum absolute atomic E-state index is 12.5. The largest absolute Gasteiger partial charge is 0.337 e. The monoisotopic (exact) mass is 335 g/mol. The molecule has 23 heavy (non-hydrogen) atoms. The smallest absolute Gasteiger partial charge is 0.276 e. The Morgan fingerprint density at radius 3 is 2.65 bits per heavy atom. The highest BCUT2D eigenvalue weighted by atomic mass is 35.5. The molecule has 1 fully saturated rings. The predicted octanol–water partition coefficient (Wildman–Crippen LogP) is 1.81. The average molecular weight is 336 g/mol. The van der Waals surface area contributed by atoms with Crippen molar-refractivity contribution >= 4 is 18.3 Å². The molecule has 0 saturated carbocycles. The molecule has 1 unspecified atom stereocenters. The van der Waals surface area contributed by atoms with Gasteiger partial charge in [-0.25, -0.2) is 4.68 Å². The van der Waals surface area contributed by atoms with E-state index >= 15 is 0 Å². The van der Waals surface area contributed by atoms with Crippen LogP contribution in [-0.2, 0) is 0 Å². The van der Waals surface area contributed by atoms with Crippen LogP contribution in [0.25, 0.3) is 5.69 Å². The maximum Gasteiger partial charge on any atom is 0.276 e. The Hall–Kier alpha value is -1.92. The molecule has 0 radical (unpaired) electrons. The van der Waals surface area contributed by atoms with Crippen LogP contribution in [-0.4, -0.2) is 45.4 Å². The van der Waals surface area contributed by atoms with E-state index in [1.165, 1.54) is 5.56 Å². The standard InChI is InChI=1S/C16H21N5O.ClH/c1-12-3-5-13(6-4-12)21-9-14(18-19-21)15(22)20-8-7-16(2,10-17)11-20;/h3-6,9H,7-8,10-11,17H2,1-2H3;1H. The Kier molecular flexibility index (Phi) is 5.06. The van der Waals surface area contributed by atoms with Crippen LogP contribution in [0.2, 0.25) is 0 Å². The summed E-state index contributed by atoms with van der Waals surface area (Å²) in [5, 5.41) is 8.08. The summed E-state index contributed by atoms with van der Waals surface area (Å²) in [6.45, 7) is 6.14. The molecule has 124 valence electrons. The molecule has 0 bridgehead atoms. The first kappa shape index (κ1) is 17.4. The topological polar surface area (TPSA) is 77.0 Å². The van der Waals surface area contributed by atoms with E-state index in [-0.39, 0.29) is 23.7 Å². The lowest BCUT2D eigenvalue weighted by Crippen LogP contribution is -2.34. The Labute approximate surface area is 142 Å². The minimum Gasteiger partial charge on any atom is -0.337 e. The summed E-state index contributed by atoms with van der Waals surface area (Å²) in [5.74, 6) is -0.0736. The van der Waals surface area contributed by atoms with Crippen LogP contribution < -0.4 is 5.73 Å². The van der Waals surface area contributed by atoms with E-state index in [0.717, 1.165) is 18.7 Å². The van der Waals surface area contributed by atoms with Gasteiger partial charge in [0.15, 0.2) is 5.69 Å². The van der Waals surface area contributed by atoms with Crippen molar-refractivity contribution in [3.05, 3.63) is 41.7 Å². The number of aryl methyl sites for hydroxylation is 1. The molecular formula is C16H22ClN5O. The number of carbonyl (C=O) groups is 1. The normalized spacial score (nSPS) is 20.4. The minimum atomic E-state index is -0.0736. The third-order valence-electron chi connectivity index (χ3n) is 4.35. The van der Waals surface area contributed by atoms with E-state index in [1.807, 2.05) is 36.1 Å². The highest BCUT2D eigenvalue weighted by molar-refractivity contribution is 5.92. The van der Waals surface area contributed by atoms with Gasteiger partial charge >= 0.3 is 0 Å². The Balaban J connectivity index is 0.00000192. The van der Waals surface area contributed by atoms with Crippen LogP contribution in [0, 0.1) is 12.3 Å². The molecule has 6 nitrogen and oxygen atoms in total. The second-order valence-electron chi connectivity index (χ2n) is 6.38. The second kappa shape index (κ2) is 6.68. The fourth-order valence-corrected chi connectivity index (χ4v) is 2.71. The number of nitrogens with two attached hydrogens (primary N) is 1. The molecule has 7 heteroatoms. The van der Waals surface area contributed by atoms with Gasteiger partial charge in [-0.2, -0.15) is 0 Å². The first-order valence-electron chi connectivity index (χ1n) is 7.49. The van der Waals surface area contributed by atoms with Crippen molar-refractivity contribution in [1.82, 2.24) is 19.9 Å².